The van der Waals surface area contributed by atoms with Crippen LogP contribution in [0.2, 0.25) is 0 Å². The average Bonchev–Trinajstić information content (AvgIpc) is 3.30. The summed E-state index contributed by atoms with van der Waals surface area (Å²) in [6.07, 6.45) is 1.81. The molecule has 1 aliphatic heterocycles. The number of hydrogen-bond acceptors (Lipinski definition) is 8. The quantitative estimate of drug-likeness (QED) is 0.325. The van der Waals surface area contributed by atoms with Crippen LogP contribution >= 0.6 is 0 Å². The van der Waals surface area contributed by atoms with Crippen LogP contribution in [0.15, 0.2) is 27.8 Å². The minimum Gasteiger partial charge on any atom is -0.505 e. The number of benzene rings is 1. The first-order valence-electron chi connectivity index (χ1n) is 10.9. The molecule has 0 aromatic heterocycles. The number of phenolic OH excluding ortho intramolecular Hbond substituents is 1. The number of amides is 2. The van der Waals surface area contributed by atoms with Crippen molar-refractivity contribution in [1.82, 2.24) is 10.2 Å². The van der Waals surface area contributed by atoms with E-state index in [0.29, 0.717) is 13.2 Å². The molecule has 1 heterocycles. The van der Waals surface area contributed by atoms with Crippen LogP contribution in [-0.4, -0.2) is 61.2 Å². The highest BCUT2D eigenvalue weighted by Crippen LogP contribution is 2.32. The van der Waals surface area contributed by atoms with Crippen LogP contribution in [0.5, 0.6) is 5.75 Å². The molecule has 10 heteroatoms. The number of carbonyl (C=O) groups excluding carboxylic acids is 2. The maximum atomic E-state index is 12.8. The normalized spacial score (nSPS) is 16.6. The van der Waals surface area contributed by atoms with Gasteiger partial charge in [-0.25, -0.2) is 0 Å². The highest BCUT2D eigenvalue weighted by atomic mass is 16.5. The van der Waals surface area contributed by atoms with Crippen molar-refractivity contribution in [1.29, 1.82) is 0 Å². The first-order valence-corrected chi connectivity index (χ1v) is 10.9. The summed E-state index contributed by atoms with van der Waals surface area (Å²) in [6.45, 7) is 4.70. The highest BCUT2D eigenvalue weighted by molar-refractivity contribution is 5.99. The fourth-order valence-corrected chi connectivity index (χ4v) is 3.66. The summed E-state index contributed by atoms with van der Waals surface area (Å²) in [6, 6.07) is 3.73. The molecule has 1 aliphatic rings. The summed E-state index contributed by atoms with van der Waals surface area (Å²) in [5.41, 5.74) is -1.48. The van der Waals surface area contributed by atoms with Gasteiger partial charge in [0.2, 0.25) is 5.91 Å². The summed E-state index contributed by atoms with van der Waals surface area (Å²) in [5, 5.41) is 19.0. The van der Waals surface area contributed by atoms with E-state index in [1.54, 1.807) is 20.2 Å². The zero-order valence-corrected chi connectivity index (χ0v) is 19.2. The van der Waals surface area contributed by atoms with Gasteiger partial charge in [-0.1, -0.05) is 19.9 Å². The van der Waals surface area contributed by atoms with Crippen molar-refractivity contribution in [3.63, 3.8) is 0 Å². The Kier molecular flexibility index (Phi) is 7.37. The van der Waals surface area contributed by atoms with E-state index in [9.17, 15) is 24.3 Å². The summed E-state index contributed by atoms with van der Waals surface area (Å²) in [4.78, 5) is 50.9. The van der Waals surface area contributed by atoms with Crippen molar-refractivity contribution in [3.05, 3.63) is 44.2 Å². The van der Waals surface area contributed by atoms with Crippen LogP contribution < -0.4 is 26.8 Å². The van der Waals surface area contributed by atoms with Crippen molar-refractivity contribution in [2.75, 3.05) is 37.9 Å². The Balaban J connectivity index is 1.78. The van der Waals surface area contributed by atoms with Gasteiger partial charge in [0.15, 0.2) is 5.75 Å². The van der Waals surface area contributed by atoms with Gasteiger partial charge >= 0.3 is 0 Å². The molecule has 2 amide bonds. The van der Waals surface area contributed by atoms with E-state index in [1.807, 2.05) is 13.8 Å². The van der Waals surface area contributed by atoms with Gasteiger partial charge in [-0.3, -0.25) is 19.2 Å². The third kappa shape index (κ3) is 5.16. The molecule has 1 saturated heterocycles. The Hall–Kier alpha value is -3.40. The van der Waals surface area contributed by atoms with Gasteiger partial charge in [0.1, 0.15) is 17.4 Å². The molecule has 0 spiro atoms. The van der Waals surface area contributed by atoms with Gasteiger partial charge in [0.25, 0.3) is 16.8 Å². The third-order valence-corrected chi connectivity index (χ3v) is 5.62. The molecule has 2 atom stereocenters. The van der Waals surface area contributed by atoms with Gasteiger partial charge in [-0.15, -0.1) is 0 Å². The lowest BCUT2D eigenvalue weighted by atomic mass is 10.0. The molecule has 0 aliphatic carbocycles. The maximum absolute atomic E-state index is 12.8. The second kappa shape index (κ2) is 10.0. The number of phenols is 1. The van der Waals surface area contributed by atoms with Gasteiger partial charge in [0, 0.05) is 27.2 Å². The van der Waals surface area contributed by atoms with Crippen molar-refractivity contribution in [2.45, 2.75) is 38.8 Å². The zero-order chi connectivity index (χ0) is 24.3. The van der Waals surface area contributed by atoms with Crippen LogP contribution in [0.4, 0.5) is 17.1 Å². The van der Waals surface area contributed by atoms with Gasteiger partial charge in [-0.2, -0.15) is 0 Å². The average molecular weight is 459 g/mol. The number of nitrogens with one attached hydrogen (secondary N) is 3. The number of para-hydroxylation sites is 1. The smallest absolute Gasteiger partial charge is 0.257 e. The summed E-state index contributed by atoms with van der Waals surface area (Å²) in [7, 11) is 3.10. The van der Waals surface area contributed by atoms with Crippen molar-refractivity contribution >= 4 is 28.9 Å². The van der Waals surface area contributed by atoms with E-state index in [2.05, 4.69) is 16.0 Å². The number of anilines is 3. The monoisotopic (exact) mass is 458 g/mol. The Labute approximate surface area is 191 Å². The Morgan fingerprint density at radius 1 is 1.18 bits per heavy atom. The number of hydrogen-bond donors (Lipinski definition) is 4. The molecule has 1 fully saturated rings. The molecule has 178 valence electrons. The van der Waals surface area contributed by atoms with Gasteiger partial charge in [-0.05, 0) is 30.9 Å². The number of aromatic hydroxyl groups is 1. The summed E-state index contributed by atoms with van der Waals surface area (Å²) < 4.78 is 5.52. The molecule has 2 aromatic carbocycles. The van der Waals surface area contributed by atoms with Crippen LogP contribution in [0.1, 0.15) is 37.0 Å². The molecule has 2 aromatic rings. The first kappa shape index (κ1) is 24.2. The number of rotatable bonds is 9. The SMILES string of the molecule is CC(C)[C@@H](Nc1c(Nc2cccc(C(=O)N(C)C)c2O)c(=O)c1=O)C(=O)NC[C@H]1CCCO1. The van der Waals surface area contributed by atoms with E-state index in [0.717, 1.165) is 12.8 Å². The maximum Gasteiger partial charge on any atom is 0.257 e. The first-order chi connectivity index (χ1) is 15.6. The molecule has 0 unspecified atom stereocenters. The fourth-order valence-electron chi connectivity index (χ4n) is 3.66. The lowest BCUT2D eigenvalue weighted by Gasteiger charge is -2.25. The number of ether oxygens (including phenoxy) is 1. The minimum absolute atomic E-state index is 0.0229. The molecule has 0 bridgehead atoms. The van der Waals surface area contributed by atoms with Crippen molar-refractivity contribution < 1.29 is 19.4 Å². The molecule has 0 radical (unpaired) electrons. The largest absolute Gasteiger partial charge is 0.505 e. The minimum atomic E-state index is -0.775. The highest BCUT2D eigenvalue weighted by Gasteiger charge is 2.30. The molecular weight excluding hydrogens is 428 g/mol. The second-order valence-corrected chi connectivity index (χ2v) is 8.68. The van der Waals surface area contributed by atoms with E-state index < -0.39 is 22.8 Å². The van der Waals surface area contributed by atoms with Gasteiger partial charge < -0.3 is 30.7 Å². The molecular formula is C23H30N4O6. The van der Waals surface area contributed by atoms with E-state index in [-0.39, 0.29) is 46.3 Å². The van der Waals surface area contributed by atoms with Crippen molar-refractivity contribution in [3.8, 4) is 5.75 Å². The lowest BCUT2D eigenvalue weighted by molar-refractivity contribution is -0.123. The number of nitrogens with zero attached hydrogens (tertiary/aromatic N) is 1. The van der Waals surface area contributed by atoms with Gasteiger partial charge in [0.05, 0.1) is 17.4 Å². The van der Waals surface area contributed by atoms with Crippen LogP contribution in [0.25, 0.3) is 0 Å². The second-order valence-electron chi connectivity index (χ2n) is 8.68. The molecule has 0 saturated carbocycles. The predicted octanol–water partition coefficient (Wildman–Crippen LogP) is 1.17. The number of carbonyl (C=O) groups is 2. The van der Waals surface area contributed by atoms with E-state index in [1.165, 1.54) is 17.0 Å². The summed E-state index contributed by atoms with van der Waals surface area (Å²) >= 11 is 0. The molecule has 4 N–H and O–H groups in total. The van der Waals surface area contributed by atoms with Crippen LogP contribution in [0.3, 0.4) is 0 Å². The van der Waals surface area contributed by atoms with Crippen LogP contribution in [0, 0.1) is 5.92 Å². The Morgan fingerprint density at radius 3 is 2.48 bits per heavy atom. The standard InChI is InChI=1S/C23H30N4O6/c1-12(2)16(22(31)24-11-13-7-6-10-33-13)26-18-17(20(29)21(18)30)25-15-9-5-8-14(19(15)28)23(32)27(3)4/h5,8-9,12-13,16,25-26,28H,6-7,10-11H2,1-4H3,(H,24,31)/t13-,16-/m1/s1. The Morgan fingerprint density at radius 2 is 1.88 bits per heavy atom. The third-order valence-electron chi connectivity index (χ3n) is 5.62. The topological polar surface area (TPSA) is 137 Å². The van der Waals surface area contributed by atoms with Crippen molar-refractivity contribution in [2.24, 2.45) is 5.92 Å². The van der Waals surface area contributed by atoms with E-state index in [4.69, 9.17) is 4.74 Å². The Bertz CT molecular complexity index is 1100. The summed E-state index contributed by atoms with van der Waals surface area (Å²) in [5.74, 6) is -1.24. The lowest BCUT2D eigenvalue weighted by Crippen LogP contribution is -2.48. The van der Waals surface area contributed by atoms with E-state index >= 15 is 0 Å². The molecule has 10 nitrogen and oxygen atoms in total. The zero-order valence-electron chi connectivity index (χ0n) is 19.2. The molecule has 33 heavy (non-hydrogen) atoms. The predicted molar refractivity (Wildman–Crippen MR) is 125 cm³/mol. The fraction of sp³-hybridized carbons (Fsp3) is 0.478. The molecule has 3 rings (SSSR count). The van der Waals surface area contributed by atoms with Crippen LogP contribution in [-0.2, 0) is 9.53 Å².